The lowest BCUT2D eigenvalue weighted by Crippen LogP contribution is -2.25. The highest BCUT2D eigenvalue weighted by molar-refractivity contribution is 7.20. The average molecular weight is 357 g/mol. The van der Waals surface area contributed by atoms with E-state index in [0.717, 1.165) is 43.7 Å². The number of fused-ring (bicyclic) bond motifs is 2. The van der Waals surface area contributed by atoms with Crippen LogP contribution in [-0.2, 0) is 19.5 Å². The Labute approximate surface area is 148 Å². The Bertz CT molecular complexity index is 987. The molecule has 1 amide bonds. The molecule has 0 aliphatic carbocycles. The van der Waals surface area contributed by atoms with Gasteiger partial charge < -0.3 is 5.32 Å². The molecule has 0 fully saturated rings. The van der Waals surface area contributed by atoms with Gasteiger partial charge in [0.25, 0.3) is 11.5 Å². The summed E-state index contributed by atoms with van der Waals surface area (Å²) in [4.78, 5) is 31.0. The van der Waals surface area contributed by atoms with Crippen LogP contribution >= 0.6 is 11.3 Å². The Hall–Kier alpha value is -2.48. The summed E-state index contributed by atoms with van der Waals surface area (Å²) in [6, 6.07) is 1.88. The van der Waals surface area contributed by atoms with Crippen LogP contribution in [-0.4, -0.2) is 31.8 Å². The molecule has 0 saturated heterocycles. The monoisotopic (exact) mass is 357 g/mol. The number of aromatic nitrogens is 4. The molecule has 8 heteroatoms. The highest BCUT2D eigenvalue weighted by Crippen LogP contribution is 2.28. The lowest BCUT2D eigenvalue weighted by atomic mass is 10.2. The number of aryl methyl sites for hydroxylation is 3. The van der Waals surface area contributed by atoms with Gasteiger partial charge in [0.1, 0.15) is 10.7 Å². The van der Waals surface area contributed by atoms with Gasteiger partial charge in [-0.15, -0.1) is 11.3 Å². The number of thiophene rings is 1. The van der Waals surface area contributed by atoms with E-state index in [4.69, 9.17) is 0 Å². The number of hydrogen-bond acceptors (Lipinski definition) is 5. The number of nitrogens with zero attached hydrogens (tertiary/aromatic N) is 4. The molecule has 0 radical (unpaired) electrons. The smallest absolute Gasteiger partial charge is 0.262 e. The van der Waals surface area contributed by atoms with Gasteiger partial charge in [0.15, 0.2) is 0 Å². The van der Waals surface area contributed by atoms with Crippen molar-refractivity contribution in [3.05, 3.63) is 45.1 Å². The maximum atomic E-state index is 12.7. The second kappa shape index (κ2) is 6.44. The van der Waals surface area contributed by atoms with E-state index >= 15 is 0 Å². The molecule has 3 aromatic rings. The van der Waals surface area contributed by atoms with E-state index in [-0.39, 0.29) is 11.5 Å². The number of amides is 1. The maximum Gasteiger partial charge on any atom is 0.262 e. The fourth-order valence-corrected chi connectivity index (χ4v) is 4.35. The van der Waals surface area contributed by atoms with Crippen molar-refractivity contribution in [2.75, 3.05) is 6.54 Å². The molecule has 130 valence electrons. The fraction of sp³-hybridized carbons (Fsp3) is 0.412. The van der Waals surface area contributed by atoms with E-state index in [0.29, 0.717) is 21.6 Å². The Balaban J connectivity index is 1.51. The van der Waals surface area contributed by atoms with Gasteiger partial charge in [0, 0.05) is 38.4 Å². The summed E-state index contributed by atoms with van der Waals surface area (Å²) >= 11 is 1.31. The van der Waals surface area contributed by atoms with Crippen molar-refractivity contribution in [1.29, 1.82) is 0 Å². The molecule has 1 N–H and O–H groups in total. The zero-order valence-corrected chi connectivity index (χ0v) is 14.8. The zero-order chi connectivity index (χ0) is 17.4. The molecule has 1 aliphatic rings. The first kappa shape index (κ1) is 16.0. The standard InChI is InChI=1S/C17H19N5O2S/c1-11-13-16(20-12-5-2-10-22(12)17(13)24)25-14(11)15(23)18-6-3-8-21-9-4-7-19-21/h4,7,9H,2-3,5-6,8,10H2,1H3,(H,18,23). The molecule has 1 aliphatic heterocycles. The maximum absolute atomic E-state index is 12.7. The van der Waals surface area contributed by atoms with Crippen molar-refractivity contribution >= 4 is 27.5 Å². The third kappa shape index (κ3) is 2.86. The van der Waals surface area contributed by atoms with Crippen molar-refractivity contribution < 1.29 is 4.79 Å². The SMILES string of the molecule is Cc1c(C(=O)NCCCn2cccn2)sc2nc3n(c(=O)c12)CCC3. The molecule has 0 aromatic carbocycles. The van der Waals surface area contributed by atoms with Gasteiger partial charge in [-0.05, 0) is 31.4 Å². The van der Waals surface area contributed by atoms with Crippen LogP contribution in [0.25, 0.3) is 10.2 Å². The van der Waals surface area contributed by atoms with Crippen molar-refractivity contribution in [3.8, 4) is 0 Å². The molecule has 0 spiro atoms. The molecule has 4 rings (SSSR count). The van der Waals surface area contributed by atoms with Gasteiger partial charge >= 0.3 is 0 Å². The Morgan fingerprint density at radius 1 is 1.44 bits per heavy atom. The van der Waals surface area contributed by atoms with E-state index in [1.54, 1.807) is 10.8 Å². The van der Waals surface area contributed by atoms with E-state index < -0.39 is 0 Å². The van der Waals surface area contributed by atoms with Crippen molar-refractivity contribution in [2.45, 2.75) is 39.3 Å². The molecule has 25 heavy (non-hydrogen) atoms. The van der Waals surface area contributed by atoms with Gasteiger partial charge in [-0.1, -0.05) is 0 Å². The molecular formula is C17H19N5O2S. The second-order valence-electron chi connectivity index (χ2n) is 6.20. The Kier molecular flexibility index (Phi) is 4.12. The Morgan fingerprint density at radius 3 is 3.12 bits per heavy atom. The topological polar surface area (TPSA) is 81.8 Å². The van der Waals surface area contributed by atoms with Crippen LogP contribution in [0, 0.1) is 6.92 Å². The zero-order valence-electron chi connectivity index (χ0n) is 14.0. The number of nitrogens with one attached hydrogen (secondary N) is 1. The van der Waals surface area contributed by atoms with Gasteiger partial charge in [-0.2, -0.15) is 5.10 Å². The van der Waals surface area contributed by atoms with Gasteiger partial charge in [-0.3, -0.25) is 18.8 Å². The lowest BCUT2D eigenvalue weighted by molar-refractivity contribution is 0.0956. The first-order chi connectivity index (χ1) is 12.1. The summed E-state index contributed by atoms with van der Waals surface area (Å²) in [6.45, 7) is 3.88. The van der Waals surface area contributed by atoms with Gasteiger partial charge in [-0.25, -0.2) is 4.98 Å². The lowest BCUT2D eigenvalue weighted by Gasteiger charge is -2.05. The van der Waals surface area contributed by atoms with E-state index in [1.165, 1.54) is 11.3 Å². The van der Waals surface area contributed by atoms with E-state index in [1.807, 2.05) is 23.9 Å². The average Bonchev–Trinajstić information content (AvgIpc) is 3.32. The van der Waals surface area contributed by atoms with Crippen LogP contribution in [0.1, 0.15) is 33.9 Å². The first-order valence-corrected chi connectivity index (χ1v) is 9.25. The number of rotatable bonds is 5. The van der Waals surface area contributed by atoms with Crippen LogP contribution in [0.2, 0.25) is 0 Å². The highest BCUT2D eigenvalue weighted by atomic mass is 32.1. The summed E-state index contributed by atoms with van der Waals surface area (Å²) in [5, 5.41) is 7.66. The normalized spacial score (nSPS) is 13.3. The van der Waals surface area contributed by atoms with Crippen molar-refractivity contribution in [3.63, 3.8) is 0 Å². The minimum atomic E-state index is -0.134. The van der Waals surface area contributed by atoms with Crippen LogP contribution in [0.3, 0.4) is 0 Å². The molecule has 0 unspecified atom stereocenters. The summed E-state index contributed by atoms with van der Waals surface area (Å²) in [6.07, 6.45) is 6.23. The molecule has 4 heterocycles. The predicted octanol–water partition coefficient (Wildman–Crippen LogP) is 1.73. The molecule has 0 bridgehead atoms. The number of carbonyl (C=O) groups excluding carboxylic acids is 1. The summed E-state index contributed by atoms with van der Waals surface area (Å²) in [5.74, 6) is 0.704. The van der Waals surface area contributed by atoms with Crippen molar-refractivity contribution in [1.82, 2.24) is 24.6 Å². The molecule has 7 nitrogen and oxygen atoms in total. The molecular weight excluding hydrogens is 338 g/mol. The molecule has 0 atom stereocenters. The number of carbonyl (C=O) groups is 1. The molecule has 3 aromatic heterocycles. The van der Waals surface area contributed by atoms with Crippen molar-refractivity contribution in [2.24, 2.45) is 0 Å². The van der Waals surface area contributed by atoms with Crippen LogP contribution in [0.15, 0.2) is 23.3 Å². The quantitative estimate of drug-likeness (QED) is 0.705. The number of hydrogen-bond donors (Lipinski definition) is 1. The van der Waals surface area contributed by atoms with Crippen LogP contribution in [0.5, 0.6) is 0 Å². The van der Waals surface area contributed by atoms with E-state index in [2.05, 4.69) is 15.4 Å². The summed E-state index contributed by atoms with van der Waals surface area (Å²) in [5.41, 5.74) is 0.730. The minimum absolute atomic E-state index is 0.0102. The highest BCUT2D eigenvalue weighted by Gasteiger charge is 2.23. The van der Waals surface area contributed by atoms with Crippen LogP contribution < -0.4 is 10.9 Å². The summed E-state index contributed by atoms with van der Waals surface area (Å²) < 4.78 is 3.58. The summed E-state index contributed by atoms with van der Waals surface area (Å²) in [7, 11) is 0. The second-order valence-corrected chi connectivity index (χ2v) is 7.20. The van der Waals surface area contributed by atoms with Gasteiger partial charge in [0.2, 0.25) is 0 Å². The largest absolute Gasteiger partial charge is 0.351 e. The third-order valence-electron chi connectivity index (χ3n) is 4.53. The van der Waals surface area contributed by atoms with Gasteiger partial charge in [0.05, 0.1) is 10.3 Å². The fourth-order valence-electron chi connectivity index (χ4n) is 3.25. The third-order valence-corrected chi connectivity index (χ3v) is 5.71. The van der Waals surface area contributed by atoms with E-state index in [9.17, 15) is 9.59 Å². The minimum Gasteiger partial charge on any atom is -0.351 e. The Morgan fingerprint density at radius 2 is 2.32 bits per heavy atom. The first-order valence-electron chi connectivity index (χ1n) is 8.43. The van der Waals surface area contributed by atoms with Crippen LogP contribution in [0.4, 0.5) is 0 Å². The predicted molar refractivity (Wildman–Crippen MR) is 96.1 cm³/mol. The molecule has 0 saturated carbocycles.